The van der Waals surface area contributed by atoms with Gasteiger partial charge in [-0.25, -0.2) is 18.6 Å². The molecule has 1 heterocycles. The highest BCUT2D eigenvalue weighted by atomic mass is 19.4. The number of alkyl halides is 5. The fourth-order valence-electron chi connectivity index (χ4n) is 1.24. The zero-order valence-electron chi connectivity index (χ0n) is 9.04. The first-order valence-electron chi connectivity index (χ1n) is 4.66. The summed E-state index contributed by atoms with van der Waals surface area (Å²) in [5.41, 5.74) is 2.25. The maximum atomic E-state index is 12.6. The summed E-state index contributed by atoms with van der Waals surface area (Å²) >= 11 is 0. The molecule has 1 aromatic rings. The minimum Gasteiger partial charge on any atom is -0.476 e. The number of carboxylic acids is 1. The van der Waals surface area contributed by atoms with E-state index in [1.807, 2.05) is 0 Å². The van der Waals surface area contributed by atoms with Crippen LogP contribution in [0.25, 0.3) is 0 Å². The van der Waals surface area contributed by atoms with Crippen LogP contribution in [0.2, 0.25) is 0 Å². The number of carbonyl (C=O) groups is 1. The minimum atomic E-state index is -5.13. The Balaban J connectivity index is 3.39. The molecule has 1 rings (SSSR count). The molecule has 0 fully saturated rings. The molecule has 0 aliphatic heterocycles. The third kappa shape index (κ3) is 3.74. The number of hydrogen-bond donors (Lipinski definition) is 2. The molecular formula is C9H7F5N2O3. The predicted molar refractivity (Wildman–Crippen MR) is 50.7 cm³/mol. The van der Waals surface area contributed by atoms with Gasteiger partial charge in [-0.1, -0.05) is 0 Å². The molecule has 10 heteroatoms. The SMILES string of the molecule is NCc1nc(C(=O)O)c(C(F)F)cc1OC(F)(F)F. The normalized spacial score (nSPS) is 11.7. The zero-order chi connectivity index (χ0) is 14.8. The lowest BCUT2D eigenvalue weighted by Crippen LogP contribution is -2.21. The first-order valence-corrected chi connectivity index (χ1v) is 4.66. The Hall–Kier alpha value is -1.97. The van der Waals surface area contributed by atoms with Crippen molar-refractivity contribution in [3.05, 3.63) is 23.0 Å². The maximum Gasteiger partial charge on any atom is 0.573 e. The lowest BCUT2D eigenvalue weighted by Gasteiger charge is -2.14. The summed E-state index contributed by atoms with van der Waals surface area (Å²) in [6.45, 7) is -0.602. The summed E-state index contributed by atoms with van der Waals surface area (Å²) in [5.74, 6) is -2.85. The Bertz CT molecular complexity index is 489. The van der Waals surface area contributed by atoms with E-state index >= 15 is 0 Å². The van der Waals surface area contributed by atoms with Gasteiger partial charge >= 0.3 is 12.3 Å². The van der Waals surface area contributed by atoms with E-state index in [1.165, 1.54) is 0 Å². The fraction of sp³-hybridized carbons (Fsp3) is 0.333. The van der Waals surface area contributed by atoms with Crippen LogP contribution in [-0.2, 0) is 6.54 Å². The number of carboxylic acid groups (broad SMARTS) is 1. The number of hydrogen-bond acceptors (Lipinski definition) is 4. The van der Waals surface area contributed by atoms with E-state index in [9.17, 15) is 26.7 Å². The van der Waals surface area contributed by atoms with Crippen LogP contribution in [0.4, 0.5) is 22.0 Å². The van der Waals surface area contributed by atoms with Gasteiger partial charge in [0.25, 0.3) is 6.43 Å². The van der Waals surface area contributed by atoms with Crippen LogP contribution in [0.15, 0.2) is 6.07 Å². The van der Waals surface area contributed by atoms with Crippen molar-refractivity contribution < 1.29 is 36.6 Å². The molecule has 19 heavy (non-hydrogen) atoms. The molecule has 0 amide bonds. The van der Waals surface area contributed by atoms with Gasteiger partial charge in [-0.05, 0) is 6.07 Å². The number of rotatable bonds is 4. The van der Waals surface area contributed by atoms with Gasteiger partial charge in [0, 0.05) is 6.54 Å². The standard InChI is InChI=1S/C9H7F5N2O3/c10-7(11)3-1-5(19-9(12,13)14)4(2-15)16-6(3)8(17)18/h1,7H,2,15H2,(H,17,18). The molecule has 5 nitrogen and oxygen atoms in total. The molecule has 0 spiro atoms. The molecule has 0 saturated heterocycles. The molecule has 0 unspecified atom stereocenters. The van der Waals surface area contributed by atoms with E-state index in [4.69, 9.17) is 10.8 Å². The van der Waals surface area contributed by atoms with Gasteiger partial charge in [0.15, 0.2) is 11.4 Å². The zero-order valence-corrected chi connectivity index (χ0v) is 9.04. The van der Waals surface area contributed by atoms with E-state index in [2.05, 4.69) is 9.72 Å². The van der Waals surface area contributed by atoms with Crippen molar-refractivity contribution in [1.82, 2.24) is 4.98 Å². The Morgan fingerprint density at radius 1 is 1.47 bits per heavy atom. The largest absolute Gasteiger partial charge is 0.573 e. The lowest BCUT2D eigenvalue weighted by molar-refractivity contribution is -0.275. The van der Waals surface area contributed by atoms with E-state index in [1.54, 1.807) is 0 Å². The summed E-state index contributed by atoms with van der Waals surface area (Å²) in [5, 5.41) is 8.66. The van der Waals surface area contributed by atoms with E-state index in [-0.39, 0.29) is 6.07 Å². The quantitative estimate of drug-likeness (QED) is 0.828. The van der Waals surface area contributed by atoms with Crippen molar-refractivity contribution in [2.45, 2.75) is 19.3 Å². The second kappa shape index (κ2) is 5.34. The molecular weight excluding hydrogens is 279 g/mol. The second-order valence-electron chi connectivity index (χ2n) is 3.23. The van der Waals surface area contributed by atoms with Gasteiger partial charge < -0.3 is 15.6 Å². The first-order chi connectivity index (χ1) is 8.65. The van der Waals surface area contributed by atoms with Gasteiger partial charge in [0.05, 0.1) is 11.3 Å². The number of aromatic nitrogens is 1. The van der Waals surface area contributed by atoms with Crippen LogP contribution in [0, 0.1) is 0 Å². The van der Waals surface area contributed by atoms with Gasteiger partial charge in [0.2, 0.25) is 0 Å². The number of aromatic carboxylic acids is 1. The van der Waals surface area contributed by atoms with Crippen molar-refractivity contribution >= 4 is 5.97 Å². The number of ether oxygens (including phenoxy) is 1. The Kier molecular flexibility index (Phi) is 4.24. The summed E-state index contributed by atoms with van der Waals surface area (Å²) in [6, 6.07) is 0.275. The predicted octanol–water partition coefficient (Wildman–Crippen LogP) is 2.07. The minimum absolute atomic E-state index is 0.275. The van der Waals surface area contributed by atoms with Crippen molar-refractivity contribution in [3.8, 4) is 5.75 Å². The molecule has 0 aromatic carbocycles. The van der Waals surface area contributed by atoms with E-state index < -0.39 is 48.0 Å². The smallest absolute Gasteiger partial charge is 0.476 e. The van der Waals surface area contributed by atoms with Crippen molar-refractivity contribution in [1.29, 1.82) is 0 Å². The molecule has 0 atom stereocenters. The van der Waals surface area contributed by atoms with Gasteiger partial charge in [-0.15, -0.1) is 13.2 Å². The highest BCUT2D eigenvalue weighted by Gasteiger charge is 2.34. The van der Waals surface area contributed by atoms with Crippen LogP contribution >= 0.6 is 0 Å². The average molecular weight is 286 g/mol. The third-order valence-electron chi connectivity index (χ3n) is 1.95. The summed E-state index contributed by atoms with van der Waals surface area (Å²) in [4.78, 5) is 13.9. The molecule has 0 radical (unpaired) electrons. The molecule has 0 bridgehead atoms. The van der Waals surface area contributed by atoms with Crippen molar-refractivity contribution in [2.24, 2.45) is 5.73 Å². The molecule has 1 aromatic heterocycles. The van der Waals surface area contributed by atoms with Gasteiger partial charge in [0.1, 0.15) is 0 Å². The average Bonchev–Trinajstić information content (AvgIpc) is 2.25. The molecule has 0 aliphatic rings. The van der Waals surface area contributed by atoms with Gasteiger partial charge in [-0.2, -0.15) is 0 Å². The summed E-state index contributed by atoms with van der Waals surface area (Å²) in [6.07, 6.45) is -8.45. The third-order valence-corrected chi connectivity index (χ3v) is 1.95. The fourth-order valence-corrected chi connectivity index (χ4v) is 1.24. The molecule has 0 saturated carbocycles. The number of nitrogens with zero attached hydrogens (tertiary/aromatic N) is 1. The van der Waals surface area contributed by atoms with Crippen LogP contribution < -0.4 is 10.5 Å². The number of halogens is 5. The highest BCUT2D eigenvalue weighted by Crippen LogP contribution is 2.31. The van der Waals surface area contributed by atoms with E-state index in [0.29, 0.717) is 0 Å². The van der Waals surface area contributed by atoms with Crippen molar-refractivity contribution in [3.63, 3.8) is 0 Å². The van der Waals surface area contributed by atoms with Crippen LogP contribution in [-0.4, -0.2) is 22.4 Å². The Morgan fingerprint density at radius 3 is 2.42 bits per heavy atom. The van der Waals surface area contributed by atoms with Crippen molar-refractivity contribution in [2.75, 3.05) is 0 Å². The monoisotopic (exact) mass is 286 g/mol. The summed E-state index contributed by atoms with van der Waals surface area (Å²) in [7, 11) is 0. The number of pyridine rings is 1. The molecule has 106 valence electrons. The lowest BCUT2D eigenvalue weighted by atomic mass is 10.1. The Labute approximate surface area is 102 Å². The topological polar surface area (TPSA) is 85.4 Å². The van der Waals surface area contributed by atoms with Gasteiger partial charge in [-0.3, -0.25) is 0 Å². The van der Waals surface area contributed by atoms with Crippen LogP contribution in [0.5, 0.6) is 5.75 Å². The Morgan fingerprint density at radius 2 is 2.05 bits per heavy atom. The maximum absolute atomic E-state index is 12.6. The molecule has 0 aliphatic carbocycles. The first kappa shape index (κ1) is 15.1. The van der Waals surface area contributed by atoms with Crippen LogP contribution in [0.3, 0.4) is 0 Å². The second-order valence-corrected chi connectivity index (χ2v) is 3.23. The van der Waals surface area contributed by atoms with Crippen LogP contribution in [0.1, 0.15) is 28.2 Å². The summed E-state index contributed by atoms with van der Waals surface area (Å²) < 4.78 is 64.8. The van der Waals surface area contributed by atoms with E-state index in [0.717, 1.165) is 0 Å². The highest BCUT2D eigenvalue weighted by molar-refractivity contribution is 5.87. The number of nitrogens with two attached hydrogens (primary N) is 1. The molecule has 3 N–H and O–H groups in total.